The maximum absolute atomic E-state index is 13.5. The molecule has 1 saturated carbocycles. The second kappa shape index (κ2) is 11.5. The molecule has 3 aromatic heterocycles. The van der Waals surface area contributed by atoms with Crippen molar-refractivity contribution in [3.05, 3.63) is 66.7 Å². The number of nitrogens with one attached hydrogen (secondary N) is 2. The highest BCUT2D eigenvalue weighted by atomic mass is 32.2. The number of sulfonamides is 1. The van der Waals surface area contributed by atoms with Gasteiger partial charge in [-0.2, -0.15) is 8.42 Å². The number of halogens is 1. The highest BCUT2D eigenvalue weighted by Crippen LogP contribution is 2.30. The van der Waals surface area contributed by atoms with Gasteiger partial charge in [0, 0.05) is 43.0 Å². The van der Waals surface area contributed by atoms with Crippen molar-refractivity contribution < 1.29 is 22.3 Å². The van der Waals surface area contributed by atoms with E-state index in [-0.39, 0.29) is 29.0 Å². The number of benzene rings is 1. The number of pyridine rings is 2. The topological polar surface area (TPSA) is 130 Å². The van der Waals surface area contributed by atoms with Crippen molar-refractivity contribution in [2.45, 2.75) is 55.8 Å². The Morgan fingerprint density at radius 3 is 2.46 bits per heavy atom. The zero-order valence-corrected chi connectivity index (χ0v) is 23.2. The van der Waals surface area contributed by atoms with Gasteiger partial charge in [0.2, 0.25) is 5.91 Å². The number of rotatable bonds is 7. The van der Waals surface area contributed by atoms with Crippen molar-refractivity contribution >= 4 is 32.8 Å². The van der Waals surface area contributed by atoms with E-state index in [0.717, 1.165) is 55.7 Å². The molecule has 6 rings (SSSR count). The third kappa shape index (κ3) is 6.23. The van der Waals surface area contributed by atoms with Gasteiger partial charge >= 0.3 is 0 Å². The van der Waals surface area contributed by atoms with E-state index in [1.807, 2.05) is 12.1 Å². The van der Waals surface area contributed by atoms with E-state index in [2.05, 4.69) is 29.6 Å². The van der Waals surface area contributed by atoms with Gasteiger partial charge in [-0.05, 0) is 74.9 Å². The van der Waals surface area contributed by atoms with Gasteiger partial charge in [-0.25, -0.2) is 24.1 Å². The summed E-state index contributed by atoms with van der Waals surface area (Å²) < 4.78 is 46.9. The monoisotopic (exact) mass is 578 g/mol. The van der Waals surface area contributed by atoms with Crippen LogP contribution in [-0.2, 0) is 19.6 Å². The Hall–Kier alpha value is -3.90. The lowest BCUT2D eigenvalue weighted by molar-refractivity contribution is -0.125. The molecule has 4 heterocycles. The van der Waals surface area contributed by atoms with Gasteiger partial charge in [-0.3, -0.25) is 4.79 Å². The van der Waals surface area contributed by atoms with Gasteiger partial charge < -0.3 is 14.6 Å². The molecule has 2 fully saturated rings. The quantitative estimate of drug-likeness (QED) is 0.334. The van der Waals surface area contributed by atoms with Crippen molar-refractivity contribution in [3.63, 3.8) is 0 Å². The van der Waals surface area contributed by atoms with Crippen molar-refractivity contribution in [2.24, 2.45) is 5.92 Å². The predicted molar refractivity (Wildman–Crippen MR) is 151 cm³/mol. The molecule has 0 bridgehead atoms. The molecule has 0 spiro atoms. The molecular formula is C29H31FN6O4S. The van der Waals surface area contributed by atoms with E-state index in [1.54, 1.807) is 24.4 Å². The summed E-state index contributed by atoms with van der Waals surface area (Å²) >= 11 is 0. The van der Waals surface area contributed by atoms with Gasteiger partial charge in [-0.1, -0.05) is 6.07 Å². The molecule has 1 saturated heterocycles. The summed E-state index contributed by atoms with van der Waals surface area (Å²) in [6, 6.07) is 13.0. The largest absolute Gasteiger partial charge is 0.375 e. The lowest BCUT2D eigenvalue weighted by atomic mass is 9.87. The zero-order chi connectivity index (χ0) is 28.4. The van der Waals surface area contributed by atoms with E-state index in [4.69, 9.17) is 4.74 Å². The maximum atomic E-state index is 13.5. The van der Waals surface area contributed by atoms with Gasteiger partial charge in [0.05, 0.1) is 23.2 Å². The minimum atomic E-state index is -3.97. The van der Waals surface area contributed by atoms with Crippen LogP contribution in [0.5, 0.6) is 0 Å². The van der Waals surface area contributed by atoms with Crippen LogP contribution in [0.3, 0.4) is 0 Å². The number of aromatic amines is 1. The summed E-state index contributed by atoms with van der Waals surface area (Å²) in [6.45, 7) is 1.65. The molecule has 1 aromatic carbocycles. The Labute approximate surface area is 237 Å². The summed E-state index contributed by atoms with van der Waals surface area (Å²) in [7, 11) is -3.97. The fourth-order valence-corrected chi connectivity index (χ4v) is 6.55. The predicted octanol–water partition coefficient (Wildman–Crippen LogP) is 4.21. The molecule has 0 unspecified atom stereocenters. The van der Waals surface area contributed by atoms with Crippen molar-refractivity contribution in [1.29, 1.82) is 0 Å². The smallest absolute Gasteiger partial charge is 0.281 e. The molecular weight excluding hydrogens is 547 g/mol. The Morgan fingerprint density at radius 1 is 0.976 bits per heavy atom. The first-order valence-electron chi connectivity index (χ1n) is 13.8. The molecule has 4 aromatic rings. The van der Waals surface area contributed by atoms with Crippen LogP contribution in [0.2, 0.25) is 0 Å². The highest BCUT2D eigenvalue weighted by molar-refractivity contribution is 7.90. The number of imidazole rings is 1. The number of carbonyl (C=O) groups excluding carboxylic acids is 1. The first-order valence-corrected chi connectivity index (χ1v) is 15.3. The van der Waals surface area contributed by atoms with E-state index >= 15 is 0 Å². The average molecular weight is 579 g/mol. The average Bonchev–Trinajstić information content (AvgIpc) is 3.42. The van der Waals surface area contributed by atoms with Crippen LogP contribution in [-0.4, -0.2) is 59.6 Å². The molecule has 0 atom stereocenters. The Morgan fingerprint density at radius 2 is 1.76 bits per heavy atom. The molecule has 41 heavy (non-hydrogen) atoms. The number of aromatic nitrogens is 4. The summed E-state index contributed by atoms with van der Waals surface area (Å²) in [4.78, 5) is 31.0. The normalized spacial score (nSPS) is 20.3. The fourth-order valence-electron chi connectivity index (χ4n) is 5.56. The standard InChI is InChI=1S/C29H31FN6O4S/c30-21-7-10-24-25(17-21)34-28(33-24)20-6-11-26(32-18-20)36-15-12-23(13-16-36)40-22-8-4-19(5-9-22)29(37)35-41(38,39)27-3-1-2-14-31-27/h1-3,6-7,10-11,14,17-19,22-23H,4-5,8-9,12-13,15-16H2,(H,33,34)(H,35,37)/t19-,22-. The van der Waals surface area contributed by atoms with Crippen molar-refractivity contribution in [3.8, 4) is 11.4 Å². The first-order chi connectivity index (χ1) is 19.8. The minimum absolute atomic E-state index is 0.0673. The number of amides is 1. The number of fused-ring (bicyclic) bond motifs is 1. The Balaban J connectivity index is 0.959. The van der Waals surface area contributed by atoms with Crippen LogP contribution in [0.25, 0.3) is 22.4 Å². The second-order valence-corrected chi connectivity index (χ2v) is 12.2. The molecule has 10 nitrogen and oxygen atoms in total. The molecule has 214 valence electrons. The zero-order valence-electron chi connectivity index (χ0n) is 22.4. The van der Waals surface area contributed by atoms with Gasteiger partial charge in [-0.15, -0.1) is 0 Å². The molecule has 1 aliphatic heterocycles. The molecule has 2 aliphatic rings. The first kappa shape index (κ1) is 27.3. The van der Waals surface area contributed by atoms with Gasteiger partial charge in [0.15, 0.2) is 5.03 Å². The Bertz CT molecular complexity index is 1610. The molecule has 1 amide bonds. The molecule has 0 radical (unpaired) electrons. The Kier molecular flexibility index (Phi) is 7.67. The summed E-state index contributed by atoms with van der Waals surface area (Å²) in [6.07, 6.45) is 7.74. The van der Waals surface area contributed by atoms with Crippen LogP contribution < -0.4 is 9.62 Å². The number of anilines is 1. The number of carbonyl (C=O) groups is 1. The van der Waals surface area contributed by atoms with Crippen LogP contribution >= 0.6 is 0 Å². The maximum Gasteiger partial charge on any atom is 0.281 e. The third-order valence-corrected chi connectivity index (χ3v) is 9.07. The number of H-pyrrole nitrogens is 1. The molecule has 1 aliphatic carbocycles. The van der Waals surface area contributed by atoms with Crippen molar-refractivity contribution in [2.75, 3.05) is 18.0 Å². The summed E-state index contributed by atoms with van der Waals surface area (Å²) in [5, 5.41) is -0.160. The van der Waals surface area contributed by atoms with Crippen molar-refractivity contribution in [1.82, 2.24) is 24.7 Å². The third-order valence-electron chi connectivity index (χ3n) is 7.81. The van der Waals surface area contributed by atoms with Crippen LogP contribution in [0, 0.1) is 11.7 Å². The molecule has 2 N–H and O–H groups in total. The molecule has 12 heteroatoms. The number of ether oxygens (including phenoxy) is 1. The lowest BCUT2D eigenvalue weighted by Crippen LogP contribution is -2.41. The SMILES string of the molecule is O=C(NS(=O)(=O)c1ccccn1)[C@H]1CC[C@H](OC2CCN(c3ccc(-c4nc5cc(F)ccc5[nH]4)cn3)CC2)CC1. The number of piperidine rings is 1. The second-order valence-electron chi connectivity index (χ2n) is 10.6. The summed E-state index contributed by atoms with van der Waals surface area (Å²) in [5.41, 5.74) is 2.19. The van der Waals surface area contributed by atoms with Crippen LogP contribution in [0.1, 0.15) is 38.5 Å². The lowest BCUT2D eigenvalue weighted by Gasteiger charge is -2.36. The fraction of sp³-hybridized carbons (Fsp3) is 0.379. The van der Waals surface area contributed by atoms with E-state index in [9.17, 15) is 17.6 Å². The van der Waals surface area contributed by atoms with E-state index in [1.165, 1.54) is 24.4 Å². The highest BCUT2D eigenvalue weighted by Gasteiger charge is 2.32. The number of nitrogens with zero attached hydrogens (tertiary/aromatic N) is 4. The van der Waals surface area contributed by atoms with Gasteiger partial charge in [0.1, 0.15) is 17.5 Å². The van der Waals surface area contributed by atoms with Gasteiger partial charge in [0.25, 0.3) is 10.0 Å². The number of hydrogen-bond acceptors (Lipinski definition) is 8. The number of hydrogen-bond donors (Lipinski definition) is 2. The van der Waals surface area contributed by atoms with E-state index < -0.39 is 15.9 Å². The minimum Gasteiger partial charge on any atom is -0.375 e. The summed E-state index contributed by atoms with van der Waals surface area (Å²) in [5.74, 6) is 0.391. The van der Waals surface area contributed by atoms with Crippen LogP contribution in [0.15, 0.2) is 66.0 Å². The van der Waals surface area contributed by atoms with E-state index in [0.29, 0.717) is 24.2 Å². The van der Waals surface area contributed by atoms with Crippen LogP contribution in [0.4, 0.5) is 10.2 Å².